The number of nitrogens with zero attached hydrogens (tertiary/aromatic N) is 3. The van der Waals surface area contributed by atoms with Crippen LogP contribution in [0.4, 0.5) is 10.1 Å². The van der Waals surface area contributed by atoms with Gasteiger partial charge in [-0.3, -0.25) is 19.7 Å². The lowest BCUT2D eigenvalue weighted by Gasteiger charge is -2.32. The van der Waals surface area contributed by atoms with E-state index in [1.54, 1.807) is 18.2 Å². The Kier molecular flexibility index (Phi) is 6.82. The molecular weight excluding hydrogens is 547 g/mol. The number of hydrogen-bond acceptors (Lipinski definition) is 6. The van der Waals surface area contributed by atoms with Gasteiger partial charge >= 0.3 is 0 Å². The molecule has 6 rings (SSSR count). The summed E-state index contributed by atoms with van der Waals surface area (Å²) in [4.78, 5) is 40.5. The van der Waals surface area contributed by atoms with Crippen LogP contribution >= 0.6 is 0 Å². The lowest BCUT2D eigenvalue weighted by atomic mass is 9.88. The van der Waals surface area contributed by atoms with E-state index in [0.29, 0.717) is 24.0 Å². The summed E-state index contributed by atoms with van der Waals surface area (Å²) in [5.41, 5.74) is 2.35. The number of anilines is 1. The highest BCUT2D eigenvalue weighted by Crippen LogP contribution is 2.37. The van der Waals surface area contributed by atoms with Crippen molar-refractivity contribution in [1.29, 1.82) is 0 Å². The highest BCUT2D eigenvalue weighted by atomic mass is 32.2. The second kappa shape index (κ2) is 10.2. The fourth-order valence-electron chi connectivity index (χ4n) is 6.13. The number of halogens is 1. The first-order valence-corrected chi connectivity index (χ1v) is 15.1. The molecule has 214 valence electrons. The molecule has 3 aromatic rings. The number of nitrogens with one attached hydrogen (secondary N) is 1. The molecular formula is C30H31FN4O5S. The standard InChI is InChI=1S/C30H31FN4O5S/c1-33(2)22-5-3-20-14-23(6-4-19(20)13-22)41(39,40)34-11-9-18(10-12-34)24-15-21-17-35(30(38)25(21)16-26(24)31)27-7-8-28(36)32-29(27)37/h3-6,13-16,18,27H,7-12,17H2,1-2H3,(H,32,36,37). The zero-order valence-corrected chi connectivity index (χ0v) is 23.7. The summed E-state index contributed by atoms with van der Waals surface area (Å²) in [6, 6.07) is 13.2. The van der Waals surface area contributed by atoms with Gasteiger partial charge in [0.05, 0.1) is 4.90 Å². The Morgan fingerprint density at radius 1 is 0.927 bits per heavy atom. The minimum Gasteiger partial charge on any atom is -0.378 e. The normalized spacial score (nSPS) is 20.4. The van der Waals surface area contributed by atoms with Gasteiger partial charge in [0, 0.05) is 51.4 Å². The highest BCUT2D eigenvalue weighted by Gasteiger charge is 2.40. The van der Waals surface area contributed by atoms with Crippen molar-refractivity contribution in [2.45, 2.75) is 49.1 Å². The van der Waals surface area contributed by atoms with Crippen LogP contribution in [-0.2, 0) is 26.2 Å². The predicted octanol–water partition coefficient (Wildman–Crippen LogP) is 3.37. The van der Waals surface area contributed by atoms with Crippen molar-refractivity contribution in [3.63, 3.8) is 0 Å². The van der Waals surface area contributed by atoms with E-state index in [4.69, 9.17) is 0 Å². The average molecular weight is 579 g/mol. The van der Waals surface area contributed by atoms with Crippen molar-refractivity contribution in [1.82, 2.24) is 14.5 Å². The quantitative estimate of drug-likeness (QED) is 0.466. The molecule has 1 unspecified atom stereocenters. The van der Waals surface area contributed by atoms with Gasteiger partial charge < -0.3 is 9.80 Å². The molecule has 1 N–H and O–H groups in total. The van der Waals surface area contributed by atoms with Crippen LogP contribution in [0.1, 0.15) is 53.1 Å². The molecule has 2 saturated heterocycles. The molecule has 0 aliphatic carbocycles. The molecule has 0 bridgehead atoms. The number of benzene rings is 3. The van der Waals surface area contributed by atoms with Crippen molar-refractivity contribution in [3.05, 3.63) is 71.0 Å². The van der Waals surface area contributed by atoms with Crippen LogP contribution in [0.2, 0.25) is 0 Å². The Hall–Kier alpha value is -3.83. The van der Waals surface area contributed by atoms with Crippen LogP contribution in [0.5, 0.6) is 0 Å². The second-order valence-electron chi connectivity index (χ2n) is 11.2. The van der Waals surface area contributed by atoms with E-state index in [2.05, 4.69) is 5.32 Å². The van der Waals surface area contributed by atoms with E-state index in [0.717, 1.165) is 16.5 Å². The third kappa shape index (κ3) is 4.87. The molecule has 1 atom stereocenters. The van der Waals surface area contributed by atoms with Gasteiger partial charge in [0.25, 0.3) is 5.91 Å². The molecule has 3 amide bonds. The van der Waals surface area contributed by atoms with Gasteiger partial charge in [-0.15, -0.1) is 0 Å². The van der Waals surface area contributed by atoms with Crippen molar-refractivity contribution in [2.75, 3.05) is 32.1 Å². The van der Waals surface area contributed by atoms with Crippen molar-refractivity contribution in [2.24, 2.45) is 0 Å². The number of rotatable bonds is 5. The molecule has 9 nitrogen and oxygen atoms in total. The smallest absolute Gasteiger partial charge is 0.255 e. The lowest BCUT2D eigenvalue weighted by molar-refractivity contribution is -0.136. The number of carbonyl (C=O) groups is 3. The number of fused-ring (bicyclic) bond motifs is 2. The van der Waals surface area contributed by atoms with Crippen LogP contribution in [0.15, 0.2) is 53.4 Å². The van der Waals surface area contributed by atoms with E-state index in [9.17, 15) is 22.8 Å². The van der Waals surface area contributed by atoms with Gasteiger partial charge in [-0.2, -0.15) is 4.31 Å². The summed E-state index contributed by atoms with van der Waals surface area (Å²) in [5, 5.41) is 4.06. The Bertz CT molecular complexity index is 1700. The third-order valence-corrected chi connectivity index (χ3v) is 10.4. The van der Waals surface area contributed by atoms with Crippen molar-refractivity contribution in [3.8, 4) is 0 Å². The molecule has 0 spiro atoms. The van der Waals surface area contributed by atoms with E-state index < -0.39 is 33.7 Å². The number of hydrogen-bond donors (Lipinski definition) is 1. The number of amides is 3. The maximum Gasteiger partial charge on any atom is 0.255 e. The number of imide groups is 1. The fraction of sp³-hybridized carbons (Fsp3) is 0.367. The molecule has 3 aliphatic heterocycles. The molecule has 41 heavy (non-hydrogen) atoms. The van der Waals surface area contributed by atoms with Gasteiger partial charge in [-0.25, -0.2) is 12.8 Å². The maximum atomic E-state index is 15.3. The second-order valence-corrected chi connectivity index (χ2v) is 13.1. The maximum absolute atomic E-state index is 15.3. The Balaban J connectivity index is 1.16. The number of piperidine rings is 2. The van der Waals surface area contributed by atoms with Gasteiger partial charge in [0.15, 0.2) is 0 Å². The third-order valence-electron chi connectivity index (χ3n) is 8.48. The van der Waals surface area contributed by atoms with E-state index in [1.165, 1.54) is 15.3 Å². The van der Waals surface area contributed by atoms with Crippen LogP contribution in [0, 0.1) is 5.82 Å². The van der Waals surface area contributed by atoms with Crippen LogP contribution < -0.4 is 10.2 Å². The zero-order chi connectivity index (χ0) is 29.1. The minimum absolute atomic E-state index is 0.147. The van der Waals surface area contributed by atoms with Gasteiger partial charge in [0.2, 0.25) is 21.8 Å². The molecule has 2 fully saturated rings. The predicted molar refractivity (Wildman–Crippen MR) is 151 cm³/mol. The van der Waals surface area contributed by atoms with Gasteiger partial charge in [-0.05, 0) is 77.4 Å². The summed E-state index contributed by atoms with van der Waals surface area (Å²) in [6.07, 6.45) is 1.27. The molecule has 11 heteroatoms. The summed E-state index contributed by atoms with van der Waals surface area (Å²) in [7, 11) is 0.179. The lowest BCUT2D eigenvalue weighted by Crippen LogP contribution is -2.52. The van der Waals surface area contributed by atoms with Crippen LogP contribution in [0.3, 0.4) is 0 Å². The summed E-state index contributed by atoms with van der Waals surface area (Å²) in [6.45, 7) is 0.671. The fourth-order valence-corrected chi connectivity index (χ4v) is 7.63. The first-order chi connectivity index (χ1) is 19.5. The Morgan fingerprint density at radius 3 is 2.34 bits per heavy atom. The first kappa shape index (κ1) is 27.3. The number of sulfonamides is 1. The molecule has 0 radical (unpaired) electrons. The van der Waals surface area contributed by atoms with Gasteiger partial charge in [-0.1, -0.05) is 18.2 Å². The Labute approximate surface area is 238 Å². The molecule has 0 saturated carbocycles. The summed E-state index contributed by atoms with van der Waals surface area (Å²) in [5.74, 6) is -2.00. The SMILES string of the molecule is CN(C)c1ccc2cc(S(=O)(=O)N3CCC(c4cc5c(cc4F)C(=O)N(C4CCC(=O)NC4=O)C5)CC3)ccc2c1. The zero-order valence-electron chi connectivity index (χ0n) is 22.9. The molecule has 3 heterocycles. The summed E-state index contributed by atoms with van der Waals surface area (Å²) < 4.78 is 43.7. The largest absolute Gasteiger partial charge is 0.378 e. The van der Waals surface area contributed by atoms with E-state index in [1.807, 2.05) is 43.3 Å². The average Bonchev–Trinajstić information content (AvgIpc) is 3.26. The number of carbonyl (C=O) groups excluding carboxylic acids is 3. The summed E-state index contributed by atoms with van der Waals surface area (Å²) >= 11 is 0. The minimum atomic E-state index is -3.73. The van der Waals surface area contributed by atoms with Crippen molar-refractivity contribution < 1.29 is 27.2 Å². The monoisotopic (exact) mass is 578 g/mol. The van der Waals surface area contributed by atoms with E-state index >= 15 is 4.39 Å². The van der Waals surface area contributed by atoms with Gasteiger partial charge in [0.1, 0.15) is 11.9 Å². The first-order valence-electron chi connectivity index (χ1n) is 13.7. The van der Waals surface area contributed by atoms with Crippen LogP contribution in [0.25, 0.3) is 10.8 Å². The Morgan fingerprint density at radius 2 is 1.63 bits per heavy atom. The molecule has 0 aromatic heterocycles. The molecule has 3 aromatic carbocycles. The topological polar surface area (TPSA) is 107 Å². The molecule has 3 aliphatic rings. The van der Waals surface area contributed by atoms with Crippen molar-refractivity contribution >= 4 is 44.2 Å². The highest BCUT2D eigenvalue weighted by molar-refractivity contribution is 7.89. The van der Waals surface area contributed by atoms with E-state index in [-0.39, 0.29) is 54.8 Å². The van der Waals surface area contributed by atoms with Crippen LogP contribution in [-0.4, -0.2) is 68.6 Å².